The Kier molecular flexibility index (Phi) is 5.45. The zero-order chi connectivity index (χ0) is 14.4. The van der Waals surface area contributed by atoms with Gasteiger partial charge in [-0.2, -0.15) is 0 Å². The molecule has 1 atom stereocenters. The molecule has 110 valence electrons. The van der Waals surface area contributed by atoms with Crippen molar-refractivity contribution in [1.82, 2.24) is 5.32 Å². The average molecular weight is 275 g/mol. The molecule has 1 amide bonds. The number of fused-ring (bicyclic) bond motifs is 1. The lowest BCUT2D eigenvalue weighted by Gasteiger charge is -2.13. The Morgan fingerprint density at radius 3 is 3.00 bits per heavy atom. The van der Waals surface area contributed by atoms with E-state index in [4.69, 9.17) is 4.74 Å². The monoisotopic (exact) mass is 275 g/mol. The van der Waals surface area contributed by atoms with Crippen LogP contribution in [0.25, 0.3) is 0 Å². The number of rotatable bonds is 7. The van der Waals surface area contributed by atoms with Crippen LogP contribution in [0.3, 0.4) is 0 Å². The van der Waals surface area contributed by atoms with Gasteiger partial charge in [0.05, 0.1) is 6.61 Å². The molecule has 1 aliphatic carbocycles. The van der Waals surface area contributed by atoms with E-state index in [0.29, 0.717) is 12.3 Å². The van der Waals surface area contributed by atoms with Crippen LogP contribution in [0.1, 0.15) is 56.6 Å². The highest BCUT2D eigenvalue weighted by Gasteiger charge is 2.22. The van der Waals surface area contributed by atoms with Gasteiger partial charge in [-0.25, -0.2) is 0 Å². The minimum atomic E-state index is 0.142. The standard InChI is InChI=1S/C17H25NO2/c1-3-11-20-15-8-7-13-5-6-14(16(13)12-15)9-10-18-17(19)4-2/h7-8,12,14H,3-6,9-11H2,1-2H3,(H,18,19)/t14-/m1/s1. The Morgan fingerprint density at radius 2 is 2.25 bits per heavy atom. The molecule has 3 nitrogen and oxygen atoms in total. The second kappa shape index (κ2) is 7.32. The lowest BCUT2D eigenvalue weighted by Crippen LogP contribution is -2.24. The molecule has 0 saturated heterocycles. The Bertz CT molecular complexity index is 456. The molecule has 1 aromatic carbocycles. The van der Waals surface area contributed by atoms with E-state index in [-0.39, 0.29) is 5.91 Å². The summed E-state index contributed by atoms with van der Waals surface area (Å²) >= 11 is 0. The van der Waals surface area contributed by atoms with Crippen LogP contribution in [0.4, 0.5) is 0 Å². The summed E-state index contributed by atoms with van der Waals surface area (Å²) in [6.07, 6.45) is 4.96. The Morgan fingerprint density at radius 1 is 1.40 bits per heavy atom. The minimum Gasteiger partial charge on any atom is -0.494 e. The second-order valence-corrected chi connectivity index (χ2v) is 5.44. The summed E-state index contributed by atoms with van der Waals surface area (Å²) in [5.74, 6) is 1.69. The van der Waals surface area contributed by atoms with Gasteiger partial charge in [0.25, 0.3) is 0 Å². The highest BCUT2D eigenvalue weighted by atomic mass is 16.5. The number of carbonyl (C=O) groups is 1. The number of ether oxygens (including phenoxy) is 1. The van der Waals surface area contributed by atoms with Gasteiger partial charge in [0.2, 0.25) is 5.91 Å². The van der Waals surface area contributed by atoms with Gasteiger partial charge in [-0.05, 0) is 54.9 Å². The first kappa shape index (κ1) is 14.9. The molecule has 2 rings (SSSR count). The minimum absolute atomic E-state index is 0.142. The highest BCUT2D eigenvalue weighted by Crippen LogP contribution is 2.37. The van der Waals surface area contributed by atoms with Crippen LogP contribution in [-0.4, -0.2) is 19.1 Å². The molecule has 1 aliphatic rings. The van der Waals surface area contributed by atoms with Crippen molar-refractivity contribution in [2.45, 2.75) is 51.9 Å². The van der Waals surface area contributed by atoms with Crippen LogP contribution < -0.4 is 10.1 Å². The van der Waals surface area contributed by atoms with E-state index >= 15 is 0 Å². The molecule has 1 aromatic rings. The average Bonchev–Trinajstić information content (AvgIpc) is 2.87. The SMILES string of the molecule is CCCOc1ccc2c(c1)[C@@H](CCNC(=O)CC)CC2. The van der Waals surface area contributed by atoms with E-state index in [1.165, 1.54) is 17.5 Å². The summed E-state index contributed by atoms with van der Waals surface area (Å²) in [4.78, 5) is 11.3. The van der Waals surface area contributed by atoms with E-state index in [1.807, 2.05) is 6.92 Å². The fraction of sp³-hybridized carbons (Fsp3) is 0.588. The van der Waals surface area contributed by atoms with Gasteiger partial charge in [-0.1, -0.05) is 19.9 Å². The molecule has 0 radical (unpaired) electrons. The first-order valence-corrected chi connectivity index (χ1v) is 7.77. The number of hydrogen-bond donors (Lipinski definition) is 1. The van der Waals surface area contributed by atoms with Crippen LogP contribution in [0.15, 0.2) is 18.2 Å². The fourth-order valence-electron chi connectivity index (χ4n) is 2.79. The van der Waals surface area contributed by atoms with Crippen molar-refractivity contribution in [3.8, 4) is 5.75 Å². The maximum Gasteiger partial charge on any atom is 0.219 e. The van der Waals surface area contributed by atoms with E-state index in [1.54, 1.807) is 0 Å². The summed E-state index contributed by atoms with van der Waals surface area (Å²) < 4.78 is 5.72. The molecule has 0 unspecified atom stereocenters. The maximum absolute atomic E-state index is 11.3. The zero-order valence-corrected chi connectivity index (χ0v) is 12.6. The van der Waals surface area contributed by atoms with Crippen molar-refractivity contribution < 1.29 is 9.53 Å². The normalized spacial score (nSPS) is 16.8. The molecule has 3 heteroatoms. The van der Waals surface area contributed by atoms with Crippen molar-refractivity contribution in [3.05, 3.63) is 29.3 Å². The summed E-state index contributed by atoms with van der Waals surface area (Å²) in [7, 11) is 0. The first-order valence-electron chi connectivity index (χ1n) is 7.77. The van der Waals surface area contributed by atoms with E-state index in [2.05, 4.69) is 30.4 Å². The molecule has 0 aromatic heterocycles. The van der Waals surface area contributed by atoms with Gasteiger partial charge < -0.3 is 10.1 Å². The van der Waals surface area contributed by atoms with Crippen molar-refractivity contribution in [2.75, 3.05) is 13.2 Å². The van der Waals surface area contributed by atoms with Crippen molar-refractivity contribution in [2.24, 2.45) is 0 Å². The quantitative estimate of drug-likeness (QED) is 0.828. The predicted molar refractivity (Wildman–Crippen MR) is 81.2 cm³/mol. The topological polar surface area (TPSA) is 38.3 Å². The smallest absolute Gasteiger partial charge is 0.219 e. The molecular weight excluding hydrogens is 250 g/mol. The van der Waals surface area contributed by atoms with Crippen LogP contribution >= 0.6 is 0 Å². The van der Waals surface area contributed by atoms with Gasteiger partial charge in [0.1, 0.15) is 5.75 Å². The first-order chi connectivity index (χ1) is 9.74. The van der Waals surface area contributed by atoms with Crippen LogP contribution in [0.5, 0.6) is 5.75 Å². The number of amides is 1. The number of nitrogens with one attached hydrogen (secondary N) is 1. The third kappa shape index (κ3) is 3.75. The van der Waals surface area contributed by atoms with Crippen LogP contribution in [0, 0.1) is 0 Å². The van der Waals surface area contributed by atoms with Gasteiger partial charge >= 0.3 is 0 Å². The van der Waals surface area contributed by atoms with Gasteiger partial charge in [-0.3, -0.25) is 4.79 Å². The Hall–Kier alpha value is -1.51. The van der Waals surface area contributed by atoms with Crippen LogP contribution in [0.2, 0.25) is 0 Å². The Balaban J connectivity index is 1.94. The Labute approximate surface area is 121 Å². The van der Waals surface area contributed by atoms with Crippen molar-refractivity contribution in [1.29, 1.82) is 0 Å². The van der Waals surface area contributed by atoms with E-state index in [0.717, 1.165) is 38.2 Å². The summed E-state index contributed by atoms with van der Waals surface area (Å²) in [6.45, 7) is 5.55. The molecule has 20 heavy (non-hydrogen) atoms. The van der Waals surface area contributed by atoms with Gasteiger partial charge in [0.15, 0.2) is 0 Å². The predicted octanol–water partition coefficient (Wildman–Crippen LogP) is 3.42. The molecule has 1 N–H and O–H groups in total. The van der Waals surface area contributed by atoms with Crippen LogP contribution in [-0.2, 0) is 11.2 Å². The fourth-order valence-corrected chi connectivity index (χ4v) is 2.79. The number of aryl methyl sites for hydroxylation is 1. The third-order valence-electron chi connectivity index (χ3n) is 3.93. The maximum atomic E-state index is 11.3. The molecule has 0 spiro atoms. The molecule has 0 bridgehead atoms. The third-order valence-corrected chi connectivity index (χ3v) is 3.93. The van der Waals surface area contributed by atoms with Gasteiger partial charge in [0, 0.05) is 13.0 Å². The summed E-state index contributed by atoms with van der Waals surface area (Å²) in [6, 6.07) is 6.48. The lowest BCUT2D eigenvalue weighted by molar-refractivity contribution is -0.120. The number of hydrogen-bond acceptors (Lipinski definition) is 2. The highest BCUT2D eigenvalue weighted by molar-refractivity contribution is 5.75. The number of carbonyl (C=O) groups excluding carboxylic acids is 1. The summed E-state index contributed by atoms with van der Waals surface area (Å²) in [5, 5.41) is 2.97. The molecule has 0 saturated carbocycles. The largest absolute Gasteiger partial charge is 0.494 e. The van der Waals surface area contributed by atoms with E-state index < -0.39 is 0 Å². The molecule has 0 fully saturated rings. The van der Waals surface area contributed by atoms with Crippen molar-refractivity contribution >= 4 is 5.91 Å². The second-order valence-electron chi connectivity index (χ2n) is 5.44. The molecular formula is C17H25NO2. The van der Waals surface area contributed by atoms with Gasteiger partial charge in [-0.15, -0.1) is 0 Å². The summed E-state index contributed by atoms with van der Waals surface area (Å²) in [5.41, 5.74) is 2.87. The molecule has 0 aliphatic heterocycles. The zero-order valence-electron chi connectivity index (χ0n) is 12.6. The lowest BCUT2D eigenvalue weighted by atomic mass is 9.97. The van der Waals surface area contributed by atoms with Crippen molar-refractivity contribution in [3.63, 3.8) is 0 Å². The van der Waals surface area contributed by atoms with E-state index in [9.17, 15) is 4.79 Å². The number of benzene rings is 1. The molecule has 0 heterocycles.